The van der Waals surface area contributed by atoms with Gasteiger partial charge in [0.2, 0.25) is 5.75 Å². The molecule has 0 aliphatic rings. The van der Waals surface area contributed by atoms with Gasteiger partial charge in [-0.1, -0.05) is 0 Å². The van der Waals surface area contributed by atoms with E-state index in [2.05, 4.69) is 10.3 Å². The molecule has 0 radical (unpaired) electrons. The molecule has 0 aliphatic heterocycles. The van der Waals surface area contributed by atoms with Crippen LogP contribution in [0.25, 0.3) is 11.3 Å². The summed E-state index contributed by atoms with van der Waals surface area (Å²) in [6.45, 7) is 6.70. The van der Waals surface area contributed by atoms with Crippen LogP contribution < -0.4 is 19.5 Å². The Balaban J connectivity index is 1.86. The third kappa shape index (κ3) is 5.29. The van der Waals surface area contributed by atoms with Crippen molar-refractivity contribution in [3.05, 3.63) is 52.9 Å². The van der Waals surface area contributed by atoms with Gasteiger partial charge in [-0.05, 0) is 51.1 Å². The third-order valence-electron chi connectivity index (χ3n) is 4.11. The SMILES string of the molecule is CCOc1cc(C(=O)Nc2nc(-c3ccc(F)c(F)c3)cs2)cc(OCC)c1OCC. The summed E-state index contributed by atoms with van der Waals surface area (Å²) in [5, 5.41) is 4.68. The number of thiazole rings is 1. The van der Waals surface area contributed by atoms with E-state index >= 15 is 0 Å². The van der Waals surface area contributed by atoms with Gasteiger partial charge in [0.15, 0.2) is 28.3 Å². The van der Waals surface area contributed by atoms with Crippen LogP contribution >= 0.6 is 11.3 Å². The molecule has 0 bridgehead atoms. The summed E-state index contributed by atoms with van der Waals surface area (Å²) >= 11 is 1.17. The molecule has 3 rings (SSSR count). The van der Waals surface area contributed by atoms with Crippen molar-refractivity contribution in [2.24, 2.45) is 0 Å². The lowest BCUT2D eigenvalue weighted by Gasteiger charge is -2.16. The molecule has 0 fully saturated rings. The van der Waals surface area contributed by atoms with Crippen molar-refractivity contribution in [2.45, 2.75) is 20.8 Å². The lowest BCUT2D eigenvalue weighted by molar-refractivity contribution is 0.102. The first kappa shape index (κ1) is 22.5. The van der Waals surface area contributed by atoms with Crippen LogP contribution in [-0.4, -0.2) is 30.7 Å². The molecule has 1 N–H and O–H groups in total. The molecule has 1 heterocycles. The van der Waals surface area contributed by atoms with E-state index in [0.717, 1.165) is 12.1 Å². The number of benzene rings is 2. The van der Waals surface area contributed by atoms with E-state index in [1.807, 2.05) is 20.8 Å². The minimum atomic E-state index is -0.961. The summed E-state index contributed by atoms with van der Waals surface area (Å²) in [5.41, 5.74) is 1.14. The number of anilines is 1. The normalized spacial score (nSPS) is 10.6. The number of halogens is 2. The molecule has 0 atom stereocenters. The summed E-state index contributed by atoms with van der Waals surface area (Å²) in [6, 6.07) is 6.68. The maximum atomic E-state index is 13.5. The lowest BCUT2D eigenvalue weighted by Crippen LogP contribution is -2.13. The molecule has 0 spiro atoms. The fourth-order valence-corrected chi connectivity index (χ4v) is 3.52. The van der Waals surface area contributed by atoms with Crippen molar-refractivity contribution in [2.75, 3.05) is 25.1 Å². The highest BCUT2D eigenvalue weighted by Gasteiger charge is 2.19. The van der Waals surface area contributed by atoms with E-state index in [1.165, 1.54) is 17.4 Å². The minimum absolute atomic E-state index is 0.305. The first-order valence-corrected chi connectivity index (χ1v) is 10.6. The maximum Gasteiger partial charge on any atom is 0.257 e. The number of hydrogen-bond donors (Lipinski definition) is 1. The highest BCUT2D eigenvalue weighted by Crippen LogP contribution is 2.39. The van der Waals surface area contributed by atoms with Crippen LogP contribution in [0.15, 0.2) is 35.7 Å². The largest absolute Gasteiger partial charge is 0.490 e. The number of hydrogen-bond acceptors (Lipinski definition) is 6. The van der Waals surface area contributed by atoms with Crippen molar-refractivity contribution < 1.29 is 27.8 Å². The first-order chi connectivity index (χ1) is 15.0. The number of aromatic nitrogens is 1. The Morgan fingerprint density at radius 1 is 0.968 bits per heavy atom. The standard InChI is InChI=1S/C22H22F2N2O4S/c1-4-28-18-10-14(11-19(29-5-2)20(18)30-6-3)21(27)26-22-25-17(12-31-22)13-7-8-15(23)16(24)9-13/h7-12H,4-6H2,1-3H3,(H,25,26,27). The van der Waals surface area contributed by atoms with Crippen LogP contribution in [0.3, 0.4) is 0 Å². The van der Waals surface area contributed by atoms with E-state index in [1.54, 1.807) is 17.5 Å². The van der Waals surface area contributed by atoms with E-state index < -0.39 is 17.5 Å². The zero-order valence-corrected chi connectivity index (χ0v) is 18.1. The predicted molar refractivity (Wildman–Crippen MR) is 115 cm³/mol. The summed E-state index contributed by atoms with van der Waals surface area (Å²) in [7, 11) is 0. The average molecular weight is 448 g/mol. The van der Waals surface area contributed by atoms with E-state index in [9.17, 15) is 13.6 Å². The molecule has 0 saturated heterocycles. The molecule has 9 heteroatoms. The number of ether oxygens (including phenoxy) is 3. The highest BCUT2D eigenvalue weighted by molar-refractivity contribution is 7.14. The zero-order chi connectivity index (χ0) is 22.4. The monoisotopic (exact) mass is 448 g/mol. The second-order valence-electron chi connectivity index (χ2n) is 6.22. The van der Waals surface area contributed by atoms with Gasteiger partial charge >= 0.3 is 0 Å². The highest BCUT2D eigenvalue weighted by atomic mass is 32.1. The molecule has 6 nitrogen and oxygen atoms in total. The van der Waals surface area contributed by atoms with Crippen LogP contribution in [-0.2, 0) is 0 Å². The van der Waals surface area contributed by atoms with E-state index in [4.69, 9.17) is 14.2 Å². The molecule has 0 unspecified atom stereocenters. The molecule has 0 saturated carbocycles. The van der Waals surface area contributed by atoms with Crippen LogP contribution in [0, 0.1) is 11.6 Å². The molecule has 0 aliphatic carbocycles. The van der Waals surface area contributed by atoms with Gasteiger partial charge in [-0.2, -0.15) is 0 Å². The quantitative estimate of drug-likeness (QED) is 0.466. The van der Waals surface area contributed by atoms with Gasteiger partial charge in [0.05, 0.1) is 25.5 Å². The van der Waals surface area contributed by atoms with Gasteiger partial charge in [-0.15, -0.1) is 11.3 Å². The fourth-order valence-electron chi connectivity index (χ4n) is 2.81. The summed E-state index contributed by atoms with van der Waals surface area (Å²) < 4.78 is 43.6. The van der Waals surface area contributed by atoms with Gasteiger partial charge in [0.1, 0.15) is 0 Å². The first-order valence-electron chi connectivity index (χ1n) is 9.75. The summed E-state index contributed by atoms with van der Waals surface area (Å²) in [5.74, 6) is -1.06. The predicted octanol–water partition coefficient (Wildman–Crippen LogP) is 5.54. The Hall–Kier alpha value is -3.20. The number of amides is 1. The molecule has 31 heavy (non-hydrogen) atoms. The molecule has 2 aromatic carbocycles. The maximum absolute atomic E-state index is 13.5. The van der Waals surface area contributed by atoms with Crippen LogP contribution in [0.4, 0.5) is 13.9 Å². The number of nitrogens with one attached hydrogen (secondary N) is 1. The Labute approximate surface area is 182 Å². The zero-order valence-electron chi connectivity index (χ0n) is 17.3. The van der Waals surface area contributed by atoms with Gasteiger partial charge in [0, 0.05) is 16.5 Å². The molecular weight excluding hydrogens is 426 g/mol. The Morgan fingerprint density at radius 2 is 1.61 bits per heavy atom. The third-order valence-corrected chi connectivity index (χ3v) is 4.87. The van der Waals surface area contributed by atoms with Crippen LogP contribution in [0.5, 0.6) is 17.2 Å². The Morgan fingerprint density at radius 3 is 2.19 bits per heavy atom. The van der Waals surface area contributed by atoms with Crippen molar-refractivity contribution in [3.8, 4) is 28.5 Å². The Kier molecular flexibility index (Phi) is 7.41. The fraction of sp³-hybridized carbons (Fsp3) is 0.273. The Bertz CT molecular complexity index is 1040. The summed E-state index contributed by atoms with van der Waals surface area (Å²) in [6.07, 6.45) is 0. The topological polar surface area (TPSA) is 69.7 Å². The van der Waals surface area contributed by atoms with E-state index in [0.29, 0.717) is 59.0 Å². The molecule has 1 aromatic heterocycles. The van der Waals surface area contributed by atoms with Crippen LogP contribution in [0.1, 0.15) is 31.1 Å². The molecule has 1 amide bonds. The lowest BCUT2D eigenvalue weighted by atomic mass is 10.1. The number of rotatable bonds is 9. The number of nitrogens with zero attached hydrogens (tertiary/aromatic N) is 1. The van der Waals surface area contributed by atoms with Crippen molar-refractivity contribution in [1.29, 1.82) is 0 Å². The molecule has 164 valence electrons. The minimum Gasteiger partial charge on any atom is -0.490 e. The molecule has 3 aromatic rings. The second-order valence-corrected chi connectivity index (χ2v) is 7.08. The van der Waals surface area contributed by atoms with Gasteiger partial charge < -0.3 is 14.2 Å². The van der Waals surface area contributed by atoms with Gasteiger partial charge in [-0.3, -0.25) is 10.1 Å². The molecular formula is C22H22F2N2O4S. The summed E-state index contributed by atoms with van der Waals surface area (Å²) in [4.78, 5) is 17.1. The van der Waals surface area contributed by atoms with Gasteiger partial charge in [-0.25, -0.2) is 13.8 Å². The smallest absolute Gasteiger partial charge is 0.257 e. The number of carbonyl (C=O) groups excluding carboxylic acids is 1. The van der Waals surface area contributed by atoms with Gasteiger partial charge in [0.25, 0.3) is 5.91 Å². The second kappa shape index (κ2) is 10.2. The van der Waals surface area contributed by atoms with Crippen LogP contribution in [0.2, 0.25) is 0 Å². The van der Waals surface area contributed by atoms with Crippen molar-refractivity contribution in [1.82, 2.24) is 4.98 Å². The van der Waals surface area contributed by atoms with Crippen molar-refractivity contribution >= 4 is 22.4 Å². The number of carbonyl (C=O) groups is 1. The average Bonchev–Trinajstić information content (AvgIpc) is 3.21. The van der Waals surface area contributed by atoms with E-state index in [-0.39, 0.29) is 0 Å². The van der Waals surface area contributed by atoms with Crippen molar-refractivity contribution in [3.63, 3.8) is 0 Å².